The second-order valence-electron chi connectivity index (χ2n) is 4.03. The summed E-state index contributed by atoms with van der Waals surface area (Å²) in [4.78, 5) is 15.9. The topological polar surface area (TPSA) is 102 Å². The van der Waals surface area contributed by atoms with Crippen molar-refractivity contribution in [3.8, 4) is 0 Å². The van der Waals surface area contributed by atoms with Crippen LogP contribution >= 0.6 is 31.9 Å². The molecule has 1 aromatic heterocycles. The number of anilines is 1. The summed E-state index contributed by atoms with van der Waals surface area (Å²) < 4.78 is 23.6. The Balaban J connectivity index is 2.26. The first-order chi connectivity index (χ1) is 9.77. The molecular weight excluding hydrogens is 426 g/mol. The van der Waals surface area contributed by atoms with E-state index in [-0.39, 0.29) is 10.8 Å². The molecule has 0 saturated heterocycles. The Bertz CT molecular complexity index is 809. The molecule has 0 spiro atoms. The van der Waals surface area contributed by atoms with Gasteiger partial charge < -0.3 is 5.32 Å². The van der Waals surface area contributed by atoms with Gasteiger partial charge in [0.05, 0.1) is 16.1 Å². The van der Waals surface area contributed by atoms with Gasteiger partial charge in [0.15, 0.2) is 0 Å². The Morgan fingerprint density at radius 3 is 2.48 bits per heavy atom. The maximum atomic E-state index is 12.1. The molecule has 0 saturated carbocycles. The highest BCUT2D eigenvalue weighted by Crippen LogP contribution is 2.26. The maximum Gasteiger partial charge on any atom is 0.257 e. The molecule has 3 N–H and O–H groups in total. The number of rotatable bonds is 3. The van der Waals surface area contributed by atoms with Crippen LogP contribution in [0.15, 0.2) is 50.5 Å². The number of nitrogens with one attached hydrogen (secondary N) is 1. The molecule has 9 heteroatoms. The standard InChI is InChI=1S/C12H9Br2N3O3S/c13-8-3-7(5-16-6-8)12(18)17-11-2-1-9(4-10(11)14)21(15,19)20/h1-6H,(H,17,18)(H2,15,19,20). The first kappa shape index (κ1) is 16.1. The Hall–Kier alpha value is -1.29. The number of nitrogens with zero attached hydrogens (tertiary/aromatic N) is 1. The van der Waals surface area contributed by atoms with Gasteiger partial charge in [0.1, 0.15) is 0 Å². The van der Waals surface area contributed by atoms with Crippen LogP contribution in [-0.4, -0.2) is 19.3 Å². The van der Waals surface area contributed by atoms with E-state index in [0.29, 0.717) is 20.2 Å². The SMILES string of the molecule is NS(=O)(=O)c1ccc(NC(=O)c2cncc(Br)c2)c(Br)c1. The lowest BCUT2D eigenvalue weighted by Crippen LogP contribution is -2.14. The maximum absolute atomic E-state index is 12.1. The van der Waals surface area contributed by atoms with Gasteiger partial charge in [-0.2, -0.15) is 0 Å². The summed E-state index contributed by atoms with van der Waals surface area (Å²) in [6, 6.07) is 5.71. The molecule has 0 radical (unpaired) electrons. The smallest absolute Gasteiger partial charge is 0.257 e. The molecule has 0 fully saturated rings. The molecule has 6 nitrogen and oxygen atoms in total. The third-order valence-corrected chi connectivity index (χ3v) is 4.49. The highest BCUT2D eigenvalue weighted by molar-refractivity contribution is 9.10. The molecule has 2 rings (SSSR count). The van der Waals surface area contributed by atoms with Gasteiger partial charge in [-0.25, -0.2) is 13.6 Å². The van der Waals surface area contributed by atoms with Gasteiger partial charge in [-0.05, 0) is 56.1 Å². The Labute approximate surface area is 138 Å². The largest absolute Gasteiger partial charge is 0.321 e. The molecule has 110 valence electrons. The van der Waals surface area contributed by atoms with Crippen molar-refractivity contribution in [3.63, 3.8) is 0 Å². The number of nitrogens with two attached hydrogens (primary N) is 1. The quantitative estimate of drug-likeness (QED) is 0.774. The molecule has 2 aromatic rings. The zero-order valence-corrected chi connectivity index (χ0v) is 14.4. The third kappa shape index (κ3) is 4.10. The Kier molecular flexibility index (Phi) is 4.77. The molecule has 0 aliphatic rings. The summed E-state index contributed by atoms with van der Waals surface area (Å²) in [6.07, 6.45) is 2.99. The van der Waals surface area contributed by atoms with Crippen molar-refractivity contribution in [2.24, 2.45) is 5.14 Å². The number of hydrogen-bond acceptors (Lipinski definition) is 4. The number of sulfonamides is 1. The molecule has 1 amide bonds. The van der Waals surface area contributed by atoms with Gasteiger partial charge in [-0.15, -0.1) is 0 Å². The third-order valence-electron chi connectivity index (χ3n) is 2.48. The van der Waals surface area contributed by atoms with E-state index < -0.39 is 10.0 Å². The number of primary sulfonamides is 1. The minimum atomic E-state index is -3.79. The van der Waals surface area contributed by atoms with Gasteiger partial charge in [0.2, 0.25) is 10.0 Å². The van der Waals surface area contributed by atoms with Crippen molar-refractivity contribution in [1.82, 2.24) is 4.98 Å². The van der Waals surface area contributed by atoms with Gasteiger partial charge in [-0.1, -0.05) is 0 Å². The normalized spacial score (nSPS) is 11.2. The van der Waals surface area contributed by atoms with Crippen LogP contribution < -0.4 is 10.5 Å². The van der Waals surface area contributed by atoms with Gasteiger partial charge in [-0.3, -0.25) is 9.78 Å². The number of halogens is 2. The first-order valence-corrected chi connectivity index (χ1v) is 8.65. The lowest BCUT2D eigenvalue weighted by atomic mass is 10.2. The molecule has 1 aromatic carbocycles. The van der Waals surface area contributed by atoms with Crippen molar-refractivity contribution in [2.45, 2.75) is 4.90 Å². The highest BCUT2D eigenvalue weighted by atomic mass is 79.9. The van der Waals surface area contributed by atoms with Crippen LogP contribution in [0.1, 0.15) is 10.4 Å². The fourth-order valence-electron chi connectivity index (χ4n) is 1.50. The number of aromatic nitrogens is 1. The van der Waals surface area contributed by atoms with E-state index in [9.17, 15) is 13.2 Å². The summed E-state index contributed by atoms with van der Waals surface area (Å²) in [5.74, 6) is -0.368. The van der Waals surface area contributed by atoms with Gasteiger partial charge in [0, 0.05) is 21.3 Å². The minimum absolute atomic E-state index is 0.0449. The number of carbonyl (C=O) groups is 1. The summed E-state index contributed by atoms with van der Waals surface area (Å²) in [5.41, 5.74) is 0.791. The molecule has 0 bridgehead atoms. The van der Waals surface area contributed by atoms with Crippen LogP contribution in [-0.2, 0) is 10.0 Å². The molecule has 0 aliphatic heterocycles. The van der Waals surface area contributed by atoms with Crippen molar-refractivity contribution >= 4 is 53.5 Å². The van der Waals surface area contributed by atoms with E-state index in [4.69, 9.17) is 5.14 Å². The van der Waals surface area contributed by atoms with E-state index in [0.717, 1.165) is 0 Å². The molecule has 0 unspecified atom stereocenters. The number of pyridine rings is 1. The average molecular weight is 435 g/mol. The number of amides is 1. The Morgan fingerprint density at radius 2 is 1.90 bits per heavy atom. The molecule has 1 heterocycles. The monoisotopic (exact) mass is 433 g/mol. The summed E-state index contributed by atoms with van der Waals surface area (Å²) >= 11 is 6.42. The lowest BCUT2D eigenvalue weighted by molar-refractivity contribution is 0.102. The fraction of sp³-hybridized carbons (Fsp3) is 0. The summed E-state index contributed by atoms with van der Waals surface area (Å²) in [6.45, 7) is 0. The summed E-state index contributed by atoms with van der Waals surface area (Å²) in [7, 11) is -3.79. The van der Waals surface area contributed by atoms with Crippen LogP contribution in [0.2, 0.25) is 0 Å². The van der Waals surface area contributed by atoms with Crippen molar-refractivity contribution < 1.29 is 13.2 Å². The number of benzene rings is 1. The van der Waals surface area contributed by atoms with Crippen LogP contribution in [0.25, 0.3) is 0 Å². The minimum Gasteiger partial charge on any atom is -0.321 e. The second kappa shape index (κ2) is 6.22. The van der Waals surface area contributed by atoms with Crippen molar-refractivity contribution in [3.05, 3.63) is 51.2 Å². The first-order valence-electron chi connectivity index (χ1n) is 5.51. The average Bonchev–Trinajstić information content (AvgIpc) is 2.39. The number of hydrogen-bond donors (Lipinski definition) is 2. The van der Waals surface area contributed by atoms with E-state index in [1.54, 1.807) is 12.3 Å². The molecule has 0 aliphatic carbocycles. The zero-order valence-electron chi connectivity index (χ0n) is 10.4. The predicted molar refractivity (Wildman–Crippen MR) is 85.4 cm³/mol. The second-order valence-corrected chi connectivity index (χ2v) is 7.36. The predicted octanol–water partition coefficient (Wildman–Crippen LogP) is 2.51. The van der Waals surface area contributed by atoms with Gasteiger partial charge >= 0.3 is 0 Å². The van der Waals surface area contributed by atoms with Crippen LogP contribution in [0.3, 0.4) is 0 Å². The highest BCUT2D eigenvalue weighted by Gasteiger charge is 2.13. The zero-order chi connectivity index (χ0) is 15.6. The van der Waals surface area contributed by atoms with Gasteiger partial charge in [0.25, 0.3) is 5.91 Å². The fourth-order valence-corrected chi connectivity index (χ4v) is 3.04. The van der Waals surface area contributed by atoms with E-state index >= 15 is 0 Å². The Morgan fingerprint density at radius 1 is 1.19 bits per heavy atom. The van der Waals surface area contributed by atoms with E-state index in [1.807, 2.05) is 0 Å². The van der Waals surface area contributed by atoms with Crippen LogP contribution in [0, 0.1) is 0 Å². The molecular formula is C12H9Br2N3O3S. The van der Waals surface area contributed by atoms with E-state index in [2.05, 4.69) is 42.2 Å². The van der Waals surface area contributed by atoms with Crippen molar-refractivity contribution in [1.29, 1.82) is 0 Å². The van der Waals surface area contributed by atoms with E-state index in [1.165, 1.54) is 24.4 Å². The molecule has 21 heavy (non-hydrogen) atoms. The lowest BCUT2D eigenvalue weighted by Gasteiger charge is -2.08. The molecule has 0 atom stereocenters. The van der Waals surface area contributed by atoms with Crippen LogP contribution in [0.4, 0.5) is 5.69 Å². The van der Waals surface area contributed by atoms with Crippen LogP contribution in [0.5, 0.6) is 0 Å². The number of carbonyl (C=O) groups excluding carboxylic acids is 1. The summed E-state index contributed by atoms with van der Waals surface area (Å²) in [5, 5.41) is 7.69. The van der Waals surface area contributed by atoms with Crippen molar-refractivity contribution in [2.75, 3.05) is 5.32 Å².